The van der Waals surface area contributed by atoms with Crippen LogP contribution in [0.15, 0.2) is 18.2 Å². The lowest BCUT2D eigenvalue weighted by Gasteiger charge is -2.11. The molecule has 1 aromatic heterocycles. The van der Waals surface area contributed by atoms with Crippen LogP contribution in [0, 0.1) is 13.8 Å². The summed E-state index contributed by atoms with van der Waals surface area (Å²) in [6.45, 7) is 5.06. The van der Waals surface area contributed by atoms with E-state index in [2.05, 4.69) is 9.72 Å². The molecule has 28 heavy (non-hydrogen) atoms. The van der Waals surface area contributed by atoms with Crippen LogP contribution < -0.4 is 9.47 Å². The standard InChI is InChI=1S/C20H23NO7/c1-6-27-20(24)17-11(2)18(21-12(17)3)14(22)10-28-15-8-7-13(19(23)26-5)9-16(15)25-4/h7-9,21H,6,10H2,1-5H3. The number of Topliss-reactive ketones (excluding diaryl/α,β-unsaturated/α-hetero) is 1. The van der Waals surface area contributed by atoms with Crippen molar-refractivity contribution in [1.29, 1.82) is 0 Å². The fourth-order valence-corrected chi connectivity index (χ4v) is 2.79. The molecule has 1 aromatic carbocycles. The number of aromatic amines is 1. The van der Waals surface area contributed by atoms with Crippen molar-refractivity contribution in [2.45, 2.75) is 20.8 Å². The maximum atomic E-state index is 12.6. The molecule has 0 fully saturated rings. The van der Waals surface area contributed by atoms with Gasteiger partial charge in [0.1, 0.15) is 0 Å². The monoisotopic (exact) mass is 389 g/mol. The number of benzene rings is 1. The van der Waals surface area contributed by atoms with Crippen molar-refractivity contribution in [2.24, 2.45) is 0 Å². The number of methoxy groups -OCH3 is 2. The minimum absolute atomic E-state index is 0.247. The number of nitrogens with one attached hydrogen (secondary N) is 1. The number of carbonyl (C=O) groups excluding carboxylic acids is 3. The zero-order valence-electron chi connectivity index (χ0n) is 16.5. The third-order valence-corrected chi connectivity index (χ3v) is 4.14. The molecule has 0 unspecified atom stereocenters. The first-order valence-electron chi connectivity index (χ1n) is 8.62. The van der Waals surface area contributed by atoms with E-state index in [1.54, 1.807) is 20.8 Å². The number of H-pyrrole nitrogens is 1. The average molecular weight is 389 g/mol. The van der Waals surface area contributed by atoms with Gasteiger partial charge in [0.2, 0.25) is 5.78 Å². The molecule has 2 aromatic rings. The van der Waals surface area contributed by atoms with Gasteiger partial charge in [0.25, 0.3) is 0 Å². The summed E-state index contributed by atoms with van der Waals surface area (Å²) in [7, 11) is 2.71. The van der Waals surface area contributed by atoms with Gasteiger partial charge in [0.05, 0.1) is 37.6 Å². The summed E-state index contributed by atoms with van der Waals surface area (Å²) < 4.78 is 20.5. The Morgan fingerprint density at radius 1 is 1.04 bits per heavy atom. The molecule has 150 valence electrons. The minimum atomic E-state index is -0.509. The fraction of sp³-hybridized carbons (Fsp3) is 0.350. The van der Waals surface area contributed by atoms with Crippen LogP contribution in [0.1, 0.15) is 49.4 Å². The summed E-state index contributed by atoms with van der Waals surface area (Å²) in [5.74, 6) is -0.730. The maximum absolute atomic E-state index is 12.6. The molecule has 0 atom stereocenters. The molecule has 1 heterocycles. The van der Waals surface area contributed by atoms with Crippen molar-refractivity contribution < 1.29 is 33.3 Å². The SMILES string of the molecule is CCOC(=O)c1c(C)[nH]c(C(=O)COc2ccc(C(=O)OC)cc2OC)c1C. The van der Waals surface area contributed by atoms with Crippen LogP contribution in [0.5, 0.6) is 11.5 Å². The first-order chi connectivity index (χ1) is 13.3. The molecular formula is C20H23NO7. The van der Waals surface area contributed by atoms with Gasteiger partial charge in [0.15, 0.2) is 18.1 Å². The van der Waals surface area contributed by atoms with Gasteiger partial charge in [0, 0.05) is 5.69 Å². The van der Waals surface area contributed by atoms with Crippen LogP contribution in [0.4, 0.5) is 0 Å². The predicted molar refractivity (Wildman–Crippen MR) is 100 cm³/mol. The molecule has 0 saturated carbocycles. The summed E-state index contributed by atoms with van der Waals surface area (Å²) in [6.07, 6.45) is 0. The van der Waals surface area contributed by atoms with Crippen molar-refractivity contribution in [3.8, 4) is 11.5 Å². The Kier molecular flexibility index (Phi) is 6.81. The van der Waals surface area contributed by atoms with Gasteiger partial charge in [-0.2, -0.15) is 0 Å². The molecule has 2 rings (SSSR count). The highest BCUT2D eigenvalue weighted by Crippen LogP contribution is 2.29. The van der Waals surface area contributed by atoms with E-state index >= 15 is 0 Å². The zero-order valence-corrected chi connectivity index (χ0v) is 16.5. The van der Waals surface area contributed by atoms with Gasteiger partial charge in [-0.3, -0.25) is 4.79 Å². The van der Waals surface area contributed by atoms with Gasteiger partial charge >= 0.3 is 11.9 Å². The van der Waals surface area contributed by atoms with Gasteiger partial charge in [-0.25, -0.2) is 9.59 Å². The van der Waals surface area contributed by atoms with Crippen LogP contribution in [0.2, 0.25) is 0 Å². The Balaban J connectivity index is 2.18. The summed E-state index contributed by atoms with van der Waals surface area (Å²) in [6, 6.07) is 4.50. The van der Waals surface area contributed by atoms with Crippen molar-refractivity contribution in [2.75, 3.05) is 27.4 Å². The lowest BCUT2D eigenvalue weighted by molar-refractivity contribution is 0.0524. The fourth-order valence-electron chi connectivity index (χ4n) is 2.79. The van der Waals surface area contributed by atoms with E-state index in [-0.39, 0.29) is 24.7 Å². The Labute approximate surface area is 162 Å². The number of aryl methyl sites for hydroxylation is 1. The third-order valence-electron chi connectivity index (χ3n) is 4.14. The number of ether oxygens (including phenoxy) is 4. The second kappa shape index (κ2) is 9.07. The summed E-state index contributed by atoms with van der Waals surface area (Å²) >= 11 is 0. The normalized spacial score (nSPS) is 10.3. The molecule has 8 nitrogen and oxygen atoms in total. The Morgan fingerprint density at radius 2 is 1.75 bits per heavy atom. The number of esters is 2. The molecule has 0 spiro atoms. The summed E-state index contributed by atoms with van der Waals surface area (Å²) in [5.41, 5.74) is 2.00. The number of hydrogen-bond acceptors (Lipinski definition) is 7. The first-order valence-corrected chi connectivity index (χ1v) is 8.62. The maximum Gasteiger partial charge on any atom is 0.340 e. The molecule has 0 saturated heterocycles. The topological polar surface area (TPSA) is 104 Å². The number of aromatic nitrogens is 1. The van der Waals surface area contributed by atoms with Gasteiger partial charge < -0.3 is 23.9 Å². The highest BCUT2D eigenvalue weighted by atomic mass is 16.5. The third kappa shape index (κ3) is 4.33. The lowest BCUT2D eigenvalue weighted by Crippen LogP contribution is -2.14. The quantitative estimate of drug-likeness (QED) is 0.547. The summed E-state index contributed by atoms with van der Waals surface area (Å²) in [5, 5.41) is 0. The van der Waals surface area contributed by atoms with E-state index in [1.165, 1.54) is 32.4 Å². The van der Waals surface area contributed by atoms with Gasteiger partial charge in [-0.15, -0.1) is 0 Å². The highest BCUT2D eigenvalue weighted by Gasteiger charge is 2.23. The number of ketones is 1. The molecule has 1 N–H and O–H groups in total. The van der Waals surface area contributed by atoms with Gasteiger partial charge in [-0.05, 0) is 44.5 Å². The van der Waals surface area contributed by atoms with E-state index in [0.29, 0.717) is 33.9 Å². The summed E-state index contributed by atoms with van der Waals surface area (Å²) in [4.78, 5) is 39.2. The van der Waals surface area contributed by atoms with E-state index in [4.69, 9.17) is 14.2 Å². The predicted octanol–water partition coefficient (Wildman–Crippen LogP) is 2.87. The van der Waals surface area contributed by atoms with E-state index in [0.717, 1.165) is 0 Å². The Hall–Kier alpha value is -3.29. The number of hydrogen-bond donors (Lipinski definition) is 1. The Bertz CT molecular complexity index is 898. The van der Waals surface area contributed by atoms with E-state index < -0.39 is 11.9 Å². The van der Waals surface area contributed by atoms with Crippen molar-refractivity contribution in [1.82, 2.24) is 4.98 Å². The number of carbonyl (C=O) groups is 3. The highest BCUT2D eigenvalue weighted by molar-refractivity contribution is 6.02. The smallest absolute Gasteiger partial charge is 0.340 e. The number of rotatable bonds is 8. The van der Waals surface area contributed by atoms with Gasteiger partial charge in [-0.1, -0.05) is 0 Å². The molecule has 0 aliphatic heterocycles. The van der Waals surface area contributed by atoms with Crippen LogP contribution in [0.3, 0.4) is 0 Å². The largest absolute Gasteiger partial charge is 0.493 e. The molecule has 0 aliphatic carbocycles. The molecular weight excluding hydrogens is 366 g/mol. The molecule has 0 aliphatic rings. The molecule has 8 heteroatoms. The second-order valence-electron chi connectivity index (χ2n) is 5.91. The van der Waals surface area contributed by atoms with Crippen LogP contribution in [-0.2, 0) is 9.47 Å². The second-order valence-corrected chi connectivity index (χ2v) is 5.91. The van der Waals surface area contributed by atoms with Crippen LogP contribution >= 0.6 is 0 Å². The molecule has 0 radical (unpaired) electrons. The zero-order chi connectivity index (χ0) is 20.8. The van der Waals surface area contributed by atoms with Crippen LogP contribution in [0.25, 0.3) is 0 Å². The molecule has 0 bridgehead atoms. The van der Waals surface area contributed by atoms with Crippen molar-refractivity contribution in [3.05, 3.63) is 46.3 Å². The lowest BCUT2D eigenvalue weighted by atomic mass is 10.1. The van der Waals surface area contributed by atoms with E-state index in [1.807, 2.05) is 0 Å². The van der Waals surface area contributed by atoms with Crippen LogP contribution in [-0.4, -0.2) is 50.1 Å². The van der Waals surface area contributed by atoms with Crippen molar-refractivity contribution in [3.63, 3.8) is 0 Å². The first kappa shape index (κ1) is 21.0. The van der Waals surface area contributed by atoms with E-state index in [9.17, 15) is 14.4 Å². The average Bonchev–Trinajstić information content (AvgIpc) is 2.99. The Morgan fingerprint density at radius 3 is 2.36 bits per heavy atom. The minimum Gasteiger partial charge on any atom is -0.493 e. The van der Waals surface area contributed by atoms with Crippen molar-refractivity contribution >= 4 is 17.7 Å². The molecule has 0 amide bonds.